The Hall–Kier alpha value is -2.23. The van der Waals surface area contributed by atoms with E-state index in [1.165, 1.54) is 32.1 Å². The molecule has 1 fully saturated rings. The van der Waals surface area contributed by atoms with Crippen LogP contribution in [0.5, 0.6) is 0 Å². The Labute approximate surface area is 182 Å². The normalized spacial score (nSPS) is 14.6. The molecule has 0 amide bonds. The molecular formula is C24H25Cl2N3. The van der Waals surface area contributed by atoms with Gasteiger partial charge in [-0.05, 0) is 54.3 Å². The van der Waals surface area contributed by atoms with Gasteiger partial charge in [0.15, 0.2) is 0 Å². The average Bonchev–Trinajstić information content (AvgIpc) is 2.75. The summed E-state index contributed by atoms with van der Waals surface area (Å²) in [6.07, 6.45) is 8.09. The van der Waals surface area contributed by atoms with Crippen molar-refractivity contribution in [3.05, 3.63) is 76.4 Å². The number of halogens is 2. The molecule has 0 saturated heterocycles. The van der Waals surface area contributed by atoms with Crippen molar-refractivity contribution < 1.29 is 0 Å². The van der Waals surface area contributed by atoms with Gasteiger partial charge in [0, 0.05) is 35.1 Å². The first-order valence-electron chi connectivity index (χ1n) is 10.2. The van der Waals surface area contributed by atoms with Gasteiger partial charge >= 0.3 is 0 Å². The lowest BCUT2D eigenvalue weighted by Crippen LogP contribution is -2.22. The van der Waals surface area contributed by atoms with Gasteiger partial charge in [-0.1, -0.05) is 66.7 Å². The van der Waals surface area contributed by atoms with E-state index in [0.29, 0.717) is 17.6 Å². The van der Waals surface area contributed by atoms with E-state index < -0.39 is 0 Å². The van der Waals surface area contributed by atoms with Crippen LogP contribution in [0.15, 0.2) is 60.8 Å². The first-order valence-corrected chi connectivity index (χ1v) is 10.9. The molecule has 0 radical (unpaired) electrons. The number of benzene rings is 2. The summed E-state index contributed by atoms with van der Waals surface area (Å²) in [5.41, 5.74) is 4.24. The van der Waals surface area contributed by atoms with Crippen molar-refractivity contribution in [1.29, 1.82) is 0 Å². The lowest BCUT2D eigenvalue weighted by molar-refractivity contribution is 0.462. The van der Waals surface area contributed by atoms with Crippen LogP contribution in [0.25, 0.3) is 11.1 Å². The Morgan fingerprint density at radius 2 is 1.76 bits per heavy atom. The third-order valence-corrected chi connectivity index (χ3v) is 5.91. The van der Waals surface area contributed by atoms with Crippen molar-refractivity contribution in [3.8, 4) is 11.1 Å². The lowest BCUT2D eigenvalue weighted by atomic mass is 9.95. The Bertz CT molecular complexity index is 968. The molecule has 4 rings (SSSR count). The van der Waals surface area contributed by atoms with Gasteiger partial charge in [0.25, 0.3) is 0 Å². The maximum atomic E-state index is 6.49. The van der Waals surface area contributed by atoms with E-state index in [-0.39, 0.29) is 0 Å². The second kappa shape index (κ2) is 9.51. The summed E-state index contributed by atoms with van der Waals surface area (Å²) in [5.74, 6) is 0.897. The summed E-state index contributed by atoms with van der Waals surface area (Å²) in [7, 11) is 0. The number of rotatable bonds is 6. The summed E-state index contributed by atoms with van der Waals surface area (Å²) >= 11 is 12.6. The summed E-state index contributed by atoms with van der Waals surface area (Å²) < 4.78 is 0. The molecule has 5 heteroatoms. The molecule has 2 N–H and O–H groups in total. The van der Waals surface area contributed by atoms with Crippen molar-refractivity contribution >= 4 is 34.7 Å². The number of hydrogen-bond donors (Lipinski definition) is 2. The molecule has 0 unspecified atom stereocenters. The first-order chi connectivity index (χ1) is 14.2. The van der Waals surface area contributed by atoms with Gasteiger partial charge in [0.2, 0.25) is 0 Å². The molecule has 1 aliphatic rings. The molecule has 1 aliphatic carbocycles. The summed E-state index contributed by atoms with van der Waals surface area (Å²) in [6.45, 7) is 0.711. The molecule has 0 aliphatic heterocycles. The molecule has 1 saturated carbocycles. The predicted octanol–water partition coefficient (Wildman–Crippen LogP) is 7.41. The van der Waals surface area contributed by atoms with Crippen LogP contribution in [0.3, 0.4) is 0 Å². The SMILES string of the molecule is Clc1cccc(CNc2cccc(-c3cc(NC4CCCCC4)ncc3Cl)c2)c1. The monoisotopic (exact) mass is 425 g/mol. The van der Waals surface area contributed by atoms with Crippen molar-refractivity contribution in [3.63, 3.8) is 0 Å². The Morgan fingerprint density at radius 3 is 2.59 bits per heavy atom. The van der Waals surface area contributed by atoms with Crippen molar-refractivity contribution in [2.45, 2.75) is 44.7 Å². The molecule has 3 aromatic rings. The maximum Gasteiger partial charge on any atom is 0.126 e. The zero-order valence-corrected chi connectivity index (χ0v) is 17.8. The predicted molar refractivity (Wildman–Crippen MR) is 124 cm³/mol. The highest BCUT2D eigenvalue weighted by Gasteiger charge is 2.14. The van der Waals surface area contributed by atoms with E-state index in [4.69, 9.17) is 23.2 Å². The highest BCUT2D eigenvalue weighted by atomic mass is 35.5. The highest BCUT2D eigenvalue weighted by molar-refractivity contribution is 6.33. The van der Waals surface area contributed by atoms with Crippen molar-refractivity contribution in [2.24, 2.45) is 0 Å². The van der Waals surface area contributed by atoms with E-state index >= 15 is 0 Å². The van der Waals surface area contributed by atoms with Crippen molar-refractivity contribution in [1.82, 2.24) is 4.98 Å². The summed E-state index contributed by atoms with van der Waals surface area (Å²) in [4.78, 5) is 4.49. The minimum absolute atomic E-state index is 0.510. The Balaban J connectivity index is 1.50. The van der Waals surface area contributed by atoms with Crippen LogP contribution in [0, 0.1) is 0 Å². The number of pyridine rings is 1. The van der Waals surface area contributed by atoms with Gasteiger partial charge in [-0.3, -0.25) is 0 Å². The van der Waals surface area contributed by atoms with Gasteiger partial charge in [0.1, 0.15) is 5.82 Å². The average molecular weight is 426 g/mol. The standard InChI is InChI=1S/C24H25Cl2N3/c25-19-8-4-6-17(12-19)15-27-21-11-5-7-18(13-21)22-14-24(28-16-23(22)26)29-20-9-2-1-3-10-20/h4-8,11-14,16,20,27H,1-3,9-10,15H2,(H,28,29). The quantitative estimate of drug-likeness (QED) is 0.431. The number of nitrogens with zero attached hydrogens (tertiary/aromatic N) is 1. The molecule has 150 valence electrons. The van der Waals surface area contributed by atoms with E-state index in [9.17, 15) is 0 Å². The number of hydrogen-bond acceptors (Lipinski definition) is 3. The van der Waals surface area contributed by atoms with Crippen LogP contribution in [0.4, 0.5) is 11.5 Å². The van der Waals surface area contributed by atoms with E-state index in [1.807, 2.05) is 24.3 Å². The number of anilines is 2. The molecule has 0 atom stereocenters. The molecule has 2 aromatic carbocycles. The van der Waals surface area contributed by atoms with Gasteiger partial charge < -0.3 is 10.6 Å². The van der Waals surface area contributed by atoms with E-state index in [2.05, 4.69) is 45.9 Å². The van der Waals surface area contributed by atoms with Crippen LogP contribution < -0.4 is 10.6 Å². The number of aromatic nitrogens is 1. The van der Waals surface area contributed by atoms with Crippen LogP contribution >= 0.6 is 23.2 Å². The second-order valence-electron chi connectivity index (χ2n) is 7.59. The highest BCUT2D eigenvalue weighted by Crippen LogP contribution is 2.32. The molecule has 0 spiro atoms. The third-order valence-electron chi connectivity index (χ3n) is 5.37. The molecule has 0 bridgehead atoms. The lowest BCUT2D eigenvalue weighted by Gasteiger charge is -2.23. The molecular weight excluding hydrogens is 401 g/mol. The smallest absolute Gasteiger partial charge is 0.126 e. The zero-order valence-electron chi connectivity index (χ0n) is 16.3. The fraction of sp³-hybridized carbons (Fsp3) is 0.292. The van der Waals surface area contributed by atoms with Gasteiger partial charge in [-0.25, -0.2) is 4.98 Å². The fourth-order valence-electron chi connectivity index (χ4n) is 3.84. The van der Waals surface area contributed by atoms with E-state index in [0.717, 1.165) is 33.2 Å². The zero-order chi connectivity index (χ0) is 20.1. The minimum Gasteiger partial charge on any atom is -0.381 e. The molecule has 1 heterocycles. The van der Waals surface area contributed by atoms with Crippen LogP contribution in [0.2, 0.25) is 10.0 Å². The minimum atomic E-state index is 0.510. The summed E-state index contributed by atoms with van der Waals surface area (Å²) in [6, 6.07) is 18.8. The second-order valence-corrected chi connectivity index (χ2v) is 8.44. The van der Waals surface area contributed by atoms with Crippen LogP contribution in [-0.2, 0) is 6.54 Å². The van der Waals surface area contributed by atoms with Gasteiger partial charge in [0.05, 0.1) is 5.02 Å². The van der Waals surface area contributed by atoms with Gasteiger partial charge in [-0.15, -0.1) is 0 Å². The van der Waals surface area contributed by atoms with Crippen LogP contribution in [-0.4, -0.2) is 11.0 Å². The Kier molecular flexibility index (Phi) is 6.58. The fourth-order valence-corrected chi connectivity index (χ4v) is 4.27. The molecule has 29 heavy (non-hydrogen) atoms. The topological polar surface area (TPSA) is 37.0 Å². The summed E-state index contributed by atoms with van der Waals surface area (Å²) in [5, 5.41) is 8.46. The van der Waals surface area contributed by atoms with E-state index in [1.54, 1.807) is 6.20 Å². The maximum absolute atomic E-state index is 6.49. The first kappa shape index (κ1) is 20.1. The van der Waals surface area contributed by atoms with Gasteiger partial charge in [-0.2, -0.15) is 0 Å². The third kappa shape index (κ3) is 5.43. The molecule has 3 nitrogen and oxygen atoms in total. The largest absolute Gasteiger partial charge is 0.381 e. The molecule has 1 aromatic heterocycles. The van der Waals surface area contributed by atoms with Crippen LogP contribution in [0.1, 0.15) is 37.7 Å². The van der Waals surface area contributed by atoms with Crippen molar-refractivity contribution in [2.75, 3.05) is 10.6 Å². The Morgan fingerprint density at radius 1 is 0.931 bits per heavy atom. The number of nitrogens with one attached hydrogen (secondary N) is 2.